The lowest BCUT2D eigenvalue weighted by molar-refractivity contribution is -0.150. The second-order valence-electron chi connectivity index (χ2n) is 5.40. The van der Waals surface area contributed by atoms with Crippen molar-refractivity contribution in [3.63, 3.8) is 0 Å². The molecule has 1 fully saturated rings. The van der Waals surface area contributed by atoms with E-state index in [2.05, 4.69) is 12.2 Å². The van der Waals surface area contributed by atoms with Crippen LogP contribution in [0.1, 0.15) is 53.4 Å². The number of amides is 4. The molecule has 1 heterocycles. The van der Waals surface area contributed by atoms with Crippen molar-refractivity contribution in [2.75, 3.05) is 0 Å². The first-order valence-electron chi connectivity index (χ1n) is 6.51. The quantitative estimate of drug-likeness (QED) is 0.603. The average molecular weight is 254 g/mol. The van der Waals surface area contributed by atoms with Crippen LogP contribution in [0.5, 0.6) is 0 Å². The van der Waals surface area contributed by atoms with E-state index in [1.165, 1.54) is 4.90 Å². The number of hydrogen-bond acceptors (Lipinski definition) is 3. The fourth-order valence-corrected chi connectivity index (χ4v) is 2.02. The summed E-state index contributed by atoms with van der Waals surface area (Å²) in [5, 5.41) is 2.25. The first kappa shape index (κ1) is 14.7. The number of unbranched alkanes of at least 4 members (excludes halogenated alkanes) is 2. The summed E-state index contributed by atoms with van der Waals surface area (Å²) in [4.78, 5) is 36.7. The minimum atomic E-state index is -1.16. The molecule has 1 rings (SSSR count). The summed E-state index contributed by atoms with van der Waals surface area (Å²) >= 11 is 0. The van der Waals surface area contributed by atoms with Gasteiger partial charge in [-0.3, -0.25) is 19.8 Å². The molecule has 0 aliphatic carbocycles. The van der Waals surface area contributed by atoms with E-state index in [0.717, 1.165) is 25.7 Å². The number of imide groups is 2. The summed E-state index contributed by atoms with van der Waals surface area (Å²) in [5.74, 6) is -0.922. The summed E-state index contributed by atoms with van der Waals surface area (Å²) in [6.07, 6.45) is 3.92. The topological polar surface area (TPSA) is 66.5 Å². The Labute approximate surface area is 108 Å². The first-order chi connectivity index (χ1) is 8.32. The van der Waals surface area contributed by atoms with Gasteiger partial charge in [0, 0.05) is 6.04 Å². The van der Waals surface area contributed by atoms with Crippen LogP contribution in [0.2, 0.25) is 0 Å². The zero-order valence-electron chi connectivity index (χ0n) is 11.6. The highest BCUT2D eigenvalue weighted by Crippen LogP contribution is 2.26. The number of nitrogens with one attached hydrogen (secondary N) is 1. The van der Waals surface area contributed by atoms with Crippen LogP contribution in [0.4, 0.5) is 4.79 Å². The standard InChI is InChI=1S/C13H22N2O3/c1-5-6-7-8-9(2)15-11(17)13(3,4)10(16)14-12(15)18/h9H,5-8H2,1-4H3,(H,14,16,18). The second-order valence-corrected chi connectivity index (χ2v) is 5.40. The molecule has 0 spiro atoms. The number of carbonyl (C=O) groups excluding carboxylic acids is 3. The maximum atomic E-state index is 12.2. The molecule has 0 saturated carbocycles. The van der Waals surface area contributed by atoms with Gasteiger partial charge in [0.1, 0.15) is 5.41 Å². The van der Waals surface area contributed by atoms with Gasteiger partial charge in [-0.25, -0.2) is 4.79 Å². The van der Waals surface area contributed by atoms with E-state index in [4.69, 9.17) is 0 Å². The minimum Gasteiger partial charge on any atom is -0.277 e. The predicted octanol–water partition coefficient (Wildman–Crippen LogP) is 2.06. The second kappa shape index (κ2) is 5.50. The van der Waals surface area contributed by atoms with Gasteiger partial charge in [-0.05, 0) is 27.2 Å². The minimum absolute atomic E-state index is 0.170. The third kappa shape index (κ3) is 2.71. The Hall–Kier alpha value is -1.39. The molecule has 5 heteroatoms. The number of rotatable bonds is 5. The lowest BCUT2D eigenvalue weighted by Gasteiger charge is -2.37. The number of hydrogen-bond donors (Lipinski definition) is 1. The third-order valence-electron chi connectivity index (χ3n) is 3.43. The van der Waals surface area contributed by atoms with E-state index in [-0.39, 0.29) is 6.04 Å². The summed E-state index contributed by atoms with van der Waals surface area (Å²) in [7, 11) is 0. The van der Waals surface area contributed by atoms with Crippen LogP contribution in [-0.2, 0) is 9.59 Å². The van der Waals surface area contributed by atoms with Crippen molar-refractivity contribution in [3.8, 4) is 0 Å². The lowest BCUT2D eigenvalue weighted by Crippen LogP contribution is -2.63. The monoisotopic (exact) mass is 254 g/mol. The molecule has 102 valence electrons. The maximum absolute atomic E-state index is 12.2. The highest BCUT2D eigenvalue weighted by Gasteiger charge is 2.48. The van der Waals surface area contributed by atoms with Gasteiger partial charge >= 0.3 is 6.03 Å². The summed E-state index contributed by atoms with van der Waals surface area (Å²) in [5.41, 5.74) is -1.16. The highest BCUT2D eigenvalue weighted by molar-refractivity contribution is 6.18. The number of urea groups is 1. The van der Waals surface area contributed by atoms with Crippen molar-refractivity contribution in [2.24, 2.45) is 5.41 Å². The molecule has 4 amide bonds. The smallest absolute Gasteiger partial charge is 0.277 e. The Morgan fingerprint density at radius 1 is 1.22 bits per heavy atom. The molecule has 0 aromatic rings. The first-order valence-corrected chi connectivity index (χ1v) is 6.51. The third-order valence-corrected chi connectivity index (χ3v) is 3.43. The van der Waals surface area contributed by atoms with Gasteiger partial charge in [-0.15, -0.1) is 0 Å². The van der Waals surface area contributed by atoms with Crippen molar-refractivity contribution in [1.29, 1.82) is 0 Å². The van der Waals surface area contributed by atoms with E-state index in [1.54, 1.807) is 13.8 Å². The van der Waals surface area contributed by atoms with Crippen molar-refractivity contribution >= 4 is 17.8 Å². The average Bonchev–Trinajstić information content (AvgIpc) is 2.27. The molecule has 1 saturated heterocycles. The van der Waals surface area contributed by atoms with Crippen LogP contribution in [-0.4, -0.2) is 28.8 Å². The highest BCUT2D eigenvalue weighted by atomic mass is 16.2. The molecule has 1 unspecified atom stereocenters. The van der Waals surface area contributed by atoms with Gasteiger partial charge in [0.2, 0.25) is 11.8 Å². The number of nitrogens with zero attached hydrogens (tertiary/aromatic N) is 1. The molecule has 1 N–H and O–H groups in total. The van der Waals surface area contributed by atoms with Crippen LogP contribution in [0.25, 0.3) is 0 Å². The largest absolute Gasteiger partial charge is 0.331 e. The summed E-state index contributed by atoms with van der Waals surface area (Å²) in [6.45, 7) is 7.04. The van der Waals surface area contributed by atoms with Crippen LogP contribution in [0.3, 0.4) is 0 Å². The van der Waals surface area contributed by atoms with E-state index in [0.29, 0.717) is 0 Å². The Bertz CT molecular complexity index is 363. The van der Waals surface area contributed by atoms with Gasteiger partial charge in [0.25, 0.3) is 0 Å². The molecule has 0 radical (unpaired) electrons. The van der Waals surface area contributed by atoms with Crippen LogP contribution in [0, 0.1) is 5.41 Å². The van der Waals surface area contributed by atoms with Crippen molar-refractivity contribution in [3.05, 3.63) is 0 Å². The van der Waals surface area contributed by atoms with Crippen molar-refractivity contribution in [2.45, 2.75) is 59.4 Å². The molecule has 1 aliphatic heterocycles. The van der Waals surface area contributed by atoms with Crippen LogP contribution in [0.15, 0.2) is 0 Å². The molecule has 0 aromatic carbocycles. The molecule has 5 nitrogen and oxygen atoms in total. The van der Waals surface area contributed by atoms with E-state index < -0.39 is 23.3 Å². The molecular formula is C13H22N2O3. The molecular weight excluding hydrogens is 232 g/mol. The van der Waals surface area contributed by atoms with E-state index in [9.17, 15) is 14.4 Å². The van der Waals surface area contributed by atoms with E-state index >= 15 is 0 Å². The maximum Gasteiger partial charge on any atom is 0.331 e. The van der Waals surface area contributed by atoms with Crippen molar-refractivity contribution in [1.82, 2.24) is 10.2 Å². The Kier molecular flexibility index (Phi) is 4.48. The van der Waals surface area contributed by atoms with Gasteiger partial charge in [-0.2, -0.15) is 0 Å². The molecule has 1 aliphatic rings. The molecule has 1 atom stereocenters. The molecule has 0 aromatic heterocycles. The Balaban J connectivity index is 2.77. The summed E-state index contributed by atoms with van der Waals surface area (Å²) in [6, 6.07) is -0.759. The summed E-state index contributed by atoms with van der Waals surface area (Å²) < 4.78 is 0. The van der Waals surface area contributed by atoms with Gasteiger partial charge in [-0.1, -0.05) is 26.2 Å². The Morgan fingerprint density at radius 3 is 2.39 bits per heavy atom. The predicted molar refractivity (Wildman–Crippen MR) is 67.8 cm³/mol. The fraction of sp³-hybridized carbons (Fsp3) is 0.769. The number of barbiturate groups is 1. The fourth-order valence-electron chi connectivity index (χ4n) is 2.02. The van der Waals surface area contributed by atoms with Gasteiger partial charge < -0.3 is 0 Å². The zero-order chi connectivity index (χ0) is 13.9. The Morgan fingerprint density at radius 2 is 1.83 bits per heavy atom. The van der Waals surface area contributed by atoms with E-state index in [1.807, 2.05) is 6.92 Å². The molecule has 0 bridgehead atoms. The normalized spacial score (nSPS) is 20.9. The van der Waals surface area contributed by atoms with Crippen LogP contribution < -0.4 is 5.32 Å². The lowest BCUT2D eigenvalue weighted by atomic mass is 9.88. The zero-order valence-corrected chi connectivity index (χ0v) is 11.6. The van der Waals surface area contributed by atoms with Crippen LogP contribution >= 0.6 is 0 Å². The van der Waals surface area contributed by atoms with Crippen molar-refractivity contribution < 1.29 is 14.4 Å². The number of carbonyl (C=O) groups is 3. The SMILES string of the molecule is CCCCCC(C)N1C(=O)NC(=O)C(C)(C)C1=O. The molecule has 18 heavy (non-hydrogen) atoms. The van der Waals surface area contributed by atoms with Gasteiger partial charge in [0.05, 0.1) is 0 Å². The van der Waals surface area contributed by atoms with Gasteiger partial charge in [0.15, 0.2) is 0 Å².